The van der Waals surface area contributed by atoms with Gasteiger partial charge in [-0.2, -0.15) is 4.98 Å². The highest BCUT2D eigenvalue weighted by atomic mass is 16.6. The van der Waals surface area contributed by atoms with Gasteiger partial charge in [0.15, 0.2) is 5.82 Å². The monoisotopic (exact) mass is 165 g/mol. The van der Waals surface area contributed by atoms with E-state index in [0.717, 1.165) is 0 Å². The fourth-order valence-electron chi connectivity index (χ4n) is 0.905. The molecule has 5 heteroatoms. The van der Waals surface area contributed by atoms with E-state index in [0.29, 0.717) is 5.82 Å². The highest BCUT2D eigenvalue weighted by Crippen LogP contribution is 2.16. The topological polar surface area (TPSA) is 61.0 Å². The minimum absolute atomic E-state index is 0.0833. The first kappa shape index (κ1) is 8.27. The van der Waals surface area contributed by atoms with Crippen LogP contribution in [-0.4, -0.2) is 14.5 Å². The van der Waals surface area contributed by atoms with Crippen molar-refractivity contribution in [2.24, 2.45) is 7.05 Å². The molecule has 0 unspecified atom stereocenters. The van der Waals surface area contributed by atoms with Crippen molar-refractivity contribution >= 4 is 5.82 Å². The van der Waals surface area contributed by atoms with Gasteiger partial charge in [-0.3, -0.25) is 0 Å². The molecule has 1 heterocycles. The van der Waals surface area contributed by atoms with Crippen molar-refractivity contribution < 1.29 is 4.92 Å². The Hall–Kier alpha value is -1.83. The quantitative estimate of drug-likeness (QED) is 0.348. The van der Waals surface area contributed by atoms with Crippen LogP contribution in [0.1, 0.15) is 11.5 Å². The van der Waals surface area contributed by atoms with Crippen molar-refractivity contribution in [1.29, 1.82) is 0 Å². The second-order valence-electron chi connectivity index (χ2n) is 2.29. The smallest absolute Gasteiger partial charge is 0.358 e. The summed E-state index contributed by atoms with van der Waals surface area (Å²) in [5.74, 6) is 2.57. The van der Waals surface area contributed by atoms with Gasteiger partial charge in [0.05, 0.1) is 7.05 Å². The van der Waals surface area contributed by atoms with Crippen molar-refractivity contribution in [3.63, 3.8) is 0 Å². The van der Waals surface area contributed by atoms with Gasteiger partial charge >= 0.3 is 5.82 Å². The molecule has 0 aliphatic rings. The third-order valence-corrected chi connectivity index (χ3v) is 1.60. The van der Waals surface area contributed by atoms with Crippen LogP contribution in [0.3, 0.4) is 0 Å². The lowest BCUT2D eigenvalue weighted by Gasteiger charge is -1.93. The van der Waals surface area contributed by atoms with Gasteiger partial charge < -0.3 is 10.1 Å². The first-order valence-corrected chi connectivity index (χ1v) is 3.22. The molecule has 5 nitrogen and oxygen atoms in total. The number of hydrogen-bond donors (Lipinski definition) is 0. The summed E-state index contributed by atoms with van der Waals surface area (Å²) >= 11 is 0. The summed E-state index contributed by atoms with van der Waals surface area (Å²) in [6.07, 6.45) is 5.04. The number of nitrogens with zero attached hydrogens (tertiary/aromatic N) is 3. The van der Waals surface area contributed by atoms with E-state index in [4.69, 9.17) is 6.42 Å². The van der Waals surface area contributed by atoms with E-state index in [1.807, 2.05) is 0 Å². The minimum Gasteiger partial charge on any atom is -0.358 e. The second kappa shape index (κ2) is 2.66. The molecule has 0 aromatic carbocycles. The number of imidazole rings is 1. The Morgan fingerprint density at radius 1 is 1.75 bits per heavy atom. The van der Waals surface area contributed by atoms with Gasteiger partial charge in [-0.15, -0.1) is 6.42 Å². The molecule has 12 heavy (non-hydrogen) atoms. The molecule has 1 rings (SSSR count). The van der Waals surface area contributed by atoms with E-state index in [2.05, 4.69) is 10.9 Å². The van der Waals surface area contributed by atoms with Crippen molar-refractivity contribution in [3.8, 4) is 12.3 Å². The third-order valence-electron chi connectivity index (χ3n) is 1.60. The number of rotatable bonds is 1. The zero-order chi connectivity index (χ0) is 9.30. The van der Waals surface area contributed by atoms with Crippen molar-refractivity contribution in [1.82, 2.24) is 9.55 Å². The summed E-state index contributed by atoms with van der Waals surface area (Å²) in [5.41, 5.74) is 0.0833. The fourth-order valence-corrected chi connectivity index (χ4v) is 0.905. The molecule has 0 radical (unpaired) electrons. The molecule has 0 fully saturated rings. The Labute approximate surface area is 69.2 Å². The average Bonchev–Trinajstić information content (AvgIpc) is 2.28. The van der Waals surface area contributed by atoms with Crippen LogP contribution in [0, 0.1) is 29.4 Å². The number of terminal acetylenes is 1. The number of nitro groups is 1. The summed E-state index contributed by atoms with van der Waals surface area (Å²) < 4.78 is 1.36. The van der Waals surface area contributed by atoms with Crippen molar-refractivity contribution in [2.45, 2.75) is 6.92 Å². The van der Waals surface area contributed by atoms with Crippen LogP contribution >= 0.6 is 0 Å². The lowest BCUT2D eigenvalue weighted by Crippen LogP contribution is -1.99. The van der Waals surface area contributed by atoms with Crippen LogP contribution < -0.4 is 0 Å². The molecular weight excluding hydrogens is 158 g/mol. The van der Waals surface area contributed by atoms with Gasteiger partial charge in [-0.25, -0.2) is 4.57 Å². The van der Waals surface area contributed by atoms with Crippen LogP contribution in [0.5, 0.6) is 0 Å². The first-order chi connectivity index (χ1) is 5.57. The van der Waals surface area contributed by atoms with Gasteiger partial charge in [0.1, 0.15) is 0 Å². The Morgan fingerprint density at radius 3 is 2.67 bits per heavy atom. The van der Waals surface area contributed by atoms with Crippen LogP contribution in [-0.2, 0) is 7.05 Å². The maximum absolute atomic E-state index is 10.5. The lowest BCUT2D eigenvalue weighted by molar-refractivity contribution is -0.392. The van der Waals surface area contributed by atoms with E-state index in [1.54, 1.807) is 14.0 Å². The number of aryl methyl sites for hydroxylation is 1. The SMILES string of the molecule is C#Cc1nc(C)n(C)c1[N+](=O)[O-]. The lowest BCUT2D eigenvalue weighted by atomic mass is 10.4. The normalized spacial score (nSPS) is 9.42. The molecule has 62 valence electrons. The summed E-state index contributed by atoms with van der Waals surface area (Å²) in [4.78, 5) is 13.8. The minimum atomic E-state index is -0.533. The Balaban J connectivity index is 3.44. The molecule has 0 amide bonds. The summed E-state index contributed by atoms with van der Waals surface area (Å²) in [7, 11) is 1.56. The standard InChI is InChI=1S/C7H7N3O2/c1-4-6-7(10(11)12)9(3)5(2)8-6/h1H,2-3H3. The molecule has 0 atom stereocenters. The van der Waals surface area contributed by atoms with E-state index in [1.165, 1.54) is 4.57 Å². The molecule has 0 aliphatic heterocycles. The zero-order valence-corrected chi connectivity index (χ0v) is 6.74. The van der Waals surface area contributed by atoms with Crippen LogP contribution in [0.25, 0.3) is 0 Å². The van der Waals surface area contributed by atoms with Gasteiger partial charge in [0, 0.05) is 6.92 Å². The third kappa shape index (κ3) is 1.03. The van der Waals surface area contributed by atoms with E-state index >= 15 is 0 Å². The Morgan fingerprint density at radius 2 is 2.33 bits per heavy atom. The molecular formula is C7H7N3O2. The average molecular weight is 165 g/mol. The molecule has 1 aromatic heterocycles. The van der Waals surface area contributed by atoms with Gasteiger partial charge in [-0.1, -0.05) is 0 Å². The molecule has 0 aliphatic carbocycles. The molecule has 0 saturated carbocycles. The molecule has 0 N–H and O–H groups in total. The highest BCUT2D eigenvalue weighted by molar-refractivity contribution is 5.41. The van der Waals surface area contributed by atoms with Crippen LogP contribution in [0.2, 0.25) is 0 Å². The molecule has 0 spiro atoms. The van der Waals surface area contributed by atoms with Crippen LogP contribution in [0.15, 0.2) is 0 Å². The van der Waals surface area contributed by atoms with Crippen molar-refractivity contribution in [3.05, 3.63) is 21.6 Å². The van der Waals surface area contributed by atoms with E-state index < -0.39 is 4.92 Å². The Kier molecular flexibility index (Phi) is 1.83. The molecule has 0 bridgehead atoms. The van der Waals surface area contributed by atoms with Gasteiger partial charge in [0.25, 0.3) is 0 Å². The predicted molar refractivity (Wildman–Crippen MR) is 42.5 cm³/mol. The number of aromatic nitrogens is 2. The zero-order valence-electron chi connectivity index (χ0n) is 6.74. The summed E-state index contributed by atoms with van der Waals surface area (Å²) in [6.45, 7) is 1.66. The highest BCUT2D eigenvalue weighted by Gasteiger charge is 2.20. The van der Waals surface area contributed by atoms with E-state index in [9.17, 15) is 10.1 Å². The van der Waals surface area contributed by atoms with Gasteiger partial charge in [0.2, 0.25) is 5.69 Å². The number of hydrogen-bond acceptors (Lipinski definition) is 3. The summed E-state index contributed by atoms with van der Waals surface area (Å²) in [5, 5.41) is 10.5. The molecule has 0 saturated heterocycles. The fraction of sp³-hybridized carbons (Fsp3) is 0.286. The van der Waals surface area contributed by atoms with Gasteiger partial charge in [-0.05, 0) is 10.8 Å². The maximum atomic E-state index is 10.5. The predicted octanol–water partition coefficient (Wildman–Crippen LogP) is 0.618. The first-order valence-electron chi connectivity index (χ1n) is 3.22. The van der Waals surface area contributed by atoms with E-state index in [-0.39, 0.29) is 11.5 Å². The summed E-state index contributed by atoms with van der Waals surface area (Å²) in [6, 6.07) is 0. The second-order valence-corrected chi connectivity index (χ2v) is 2.29. The largest absolute Gasteiger partial charge is 0.358 e. The Bertz CT molecular complexity index is 373. The maximum Gasteiger partial charge on any atom is 0.358 e. The van der Waals surface area contributed by atoms with Crippen LogP contribution in [0.4, 0.5) is 5.82 Å². The molecule has 1 aromatic rings. The van der Waals surface area contributed by atoms with Crippen molar-refractivity contribution in [2.75, 3.05) is 0 Å².